The highest BCUT2D eigenvalue weighted by molar-refractivity contribution is 5.07. The van der Waals surface area contributed by atoms with E-state index in [4.69, 9.17) is 11.5 Å². The summed E-state index contributed by atoms with van der Waals surface area (Å²) in [6.07, 6.45) is 4.37. The van der Waals surface area contributed by atoms with Crippen LogP contribution in [-0.2, 0) is 0 Å². The molecule has 134 valence electrons. The first-order valence-electron chi connectivity index (χ1n) is 9.40. The maximum atomic E-state index is 7.20. The number of nitrogens with two attached hydrogens (primary N) is 2. The van der Waals surface area contributed by atoms with Gasteiger partial charge in [-0.1, -0.05) is 55.4 Å². The third kappa shape index (κ3) is 5.85. The van der Waals surface area contributed by atoms with Gasteiger partial charge in [-0.15, -0.1) is 0 Å². The summed E-state index contributed by atoms with van der Waals surface area (Å²) in [5.74, 6) is 2.43. The van der Waals surface area contributed by atoms with Crippen LogP contribution in [0.5, 0.6) is 0 Å². The Labute approximate surface area is 140 Å². The molecule has 2 nitrogen and oxygen atoms in total. The third-order valence-corrected chi connectivity index (χ3v) is 4.95. The summed E-state index contributed by atoms with van der Waals surface area (Å²) in [5.41, 5.74) is 13.7. The van der Waals surface area contributed by atoms with Gasteiger partial charge in [-0.2, -0.15) is 0 Å². The van der Waals surface area contributed by atoms with E-state index in [1.165, 1.54) is 0 Å². The molecule has 0 aliphatic rings. The predicted molar refractivity (Wildman–Crippen MR) is 101 cm³/mol. The summed E-state index contributed by atoms with van der Waals surface area (Å²) in [6.45, 7) is 20.6. The molecule has 0 amide bonds. The Kier molecular flexibility index (Phi) is 8.65. The van der Waals surface area contributed by atoms with Crippen LogP contribution in [0.3, 0.4) is 0 Å². The zero-order chi connectivity index (χ0) is 17.7. The number of hydrogen-bond donors (Lipinski definition) is 2. The van der Waals surface area contributed by atoms with Crippen molar-refractivity contribution < 1.29 is 0 Å². The normalized spacial score (nSPS) is 15.4. The topological polar surface area (TPSA) is 52.0 Å². The van der Waals surface area contributed by atoms with Gasteiger partial charge in [-0.3, -0.25) is 0 Å². The summed E-state index contributed by atoms with van der Waals surface area (Å²) in [5, 5.41) is 0. The molecule has 4 N–H and O–H groups in total. The van der Waals surface area contributed by atoms with Gasteiger partial charge in [-0.05, 0) is 56.3 Å². The Hall–Kier alpha value is -0.0800. The molecule has 0 aliphatic heterocycles. The molecular formula is C20H44N2. The van der Waals surface area contributed by atoms with Gasteiger partial charge in [0.1, 0.15) is 0 Å². The van der Waals surface area contributed by atoms with Crippen molar-refractivity contribution in [1.29, 1.82) is 0 Å². The van der Waals surface area contributed by atoms with Crippen molar-refractivity contribution in [1.82, 2.24) is 0 Å². The second kappa shape index (κ2) is 8.68. The maximum Gasteiger partial charge on any atom is 0.0231 e. The molecule has 0 saturated heterocycles. The molecule has 0 heterocycles. The zero-order valence-corrected chi connectivity index (χ0v) is 16.9. The Morgan fingerprint density at radius 2 is 0.864 bits per heavy atom. The number of rotatable bonds is 10. The van der Waals surface area contributed by atoms with Crippen molar-refractivity contribution in [3.63, 3.8) is 0 Å². The molecule has 1 unspecified atom stereocenters. The van der Waals surface area contributed by atoms with Gasteiger partial charge in [-0.25, -0.2) is 0 Å². The zero-order valence-electron chi connectivity index (χ0n) is 16.9. The summed E-state index contributed by atoms with van der Waals surface area (Å²) >= 11 is 0. The highest BCUT2D eigenvalue weighted by Crippen LogP contribution is 2.49. The average Bonchev–Trinajstić information content (AvgIpc) is 2.23. The molecule has 1 atom stereocenters. The van der Waals surface area contributed by atoms with Crippen LogP contribution >= 0.6 is 0 Å². The fraction of sp³-hybridized carbons (Fsp3) is 1.00. The summed E-state index contributed by atoms with van der Waals surface area (Å²) in [4.78, 5) is 0. The van der Waals surface area contributed by atoms with E-state index in [-0.39, 0.29) is 17.0 Å². The molecule has 0 rings (SSSR count). The van der Waals surface area contributed by atoms with Crippen molar-refractivity contribution in [2.24, 2.45) is 40.6 Å². The molecule has 0 aromatic carbocycles. The number of hydrogen-bond acceptors (Lipinski definition) is 2. The highest BCUT2D eigenvalue weighted by atomic mass is 14.9. The smallest absolute Gasteiger partial charge is 0.0231 e. The molecule has 0 aromatic rings. The van der Waals surface area contributed by atoms with Gasteiger partial charge in [0.15, 0.2) is 0 Å². The molecule has 0 aromatic heterocycles. The van der Waals surface area contributed by atoms with Gasteiger partial charge in [0, 0.05) is 17.0 Å². The highest BCUT2D eigenvalue weighted by Gasteiger charge is 2.51. The quantitative estimate of drug-likeness (QED) is 0.582. The summed E-state index contributed by atoms with van der Waals surface area (Å²) in [7, 11) is 0. The average molecular weight is 313 g/mol. The van der Waals surface area contributed by atoms with Crippen molar-refractivity contribution in [2.45, 2.75) is 99.6 Å². The lowest BCUT2D eigenvalue weighted by Crippen LogP contribution is -2.64. The van der Waals surface area contributed by atoms with Crippen molar-refractivity contribution in [3.8, 4) is 0 Å². The molecule has 22 heavy (non-hydrogen) atoms. The minimum atomic E-state index is -0.182. The van der Waals surface area contributed by atoms with Crippen molar-refractivity contribution in [2.75, 3.05) is 0 Å². The lowest BCUT2D eigenvalue weighted by Gasteiger charge is -2.55. The van der Waals surface area contributed by atoms with Gasteiger partial charge in [0.2, 0.25) is 0 Å². The molecule has 2 heteroatoms. The largest absolute Gasteiger partial charge is 0.327 e. The molecule has 0 spiro atoms. The van der Waals surface area contributed by atoms with E-state index in [1.54, 1.807) is 0 Å². The minimum absolute atomic E-state index is 0.0177. The Morgan fingerprint density at radius 1 is 0.591 bits per heavy atom. The third-order valence-electron chi connectivity index (χ3n) is 4.95. The SMILES string of the molecule is CC(C)CC(N)(CC(C)C)C(CC(C)C)(CC(C)C)C(C)N. The fourth-order valence-corrected chi connectivity index (χ4v) is 4.72. The van der Waals surface area contributed by atoms with E-state index < -0.39 is 0 Å². The predicted octanol–water partition coefficient (Wildman–Crippen LogP) is 5.20. The Morgan fingerprint density at radius 3 is 1.05 bits per heavy atom. The minimum Gasteiger partial charge on any atom is -0.327 e. The molecule has 0 fully saturated rings. The van der Waals surface area contributed by atoms with Crippen LogP contribution in [0.15, 0.2) is 0 Å². The first-order valence-corrected chi connectivity index (χ1v) is 9.40. The molecule has 0 radical (unpaired) electrons. The summed E-state index contributed by atoms with van der Waals surface area (Å²) < 4.78 is 0. The molecule has 0 bridgehead atoms. The van der Waals surface area contributed by atoms with Gasteiger partial charge >= 0.3 is 0 Å². The Bertz CT molecular complexity index is 283. The van der Waals surface area contributed by atoms with E-state index in [9.17, 15) is 0 Å². The van der Waals surface area contributed by atoms with E-state index in [1.807, 2.05) is 0 Å². The second-order valence-electron chi connectivity index (χ2n) is 9.49. The van der Waals surface area contributed by atoms with Gasteiger partial charge in [0.25, 0.3) is 0 Å². The standard InChI is InChI=1S/C20H44N2/c1-14(2)10-19(18(9)21,11-15(3)4)20(22,12-16(5)6)13-17(7)8/h14-18H,10-13,21-22H2,1-9H3. The van der Waals surface area contributed by atoms with Crippen LogP contribution in [0.25, 0.3) is 0 Å². The van der Waals surface area contributed by atoms with Gasteiger partial charge < -0.3 is 11.5 Å². The second-order valence-corrected chi connectivity index (χ2v) is 9.49. The van der Waals surface area contributed by atoms with Crippen LogP contribution in [-0.4, -0.2) is 11.6 Å². The van der Waals surface area contributed by atoms with Crippen LogP contribution in [0.4, 0.5) is 0 Å². The van der Waals surface area contributed by atoms with Crippen LogP contribution in [0.1, 0.15) is 88.0 Å². The van der Waals surface area contributed by atoms with Crippen LogP contribution in [0, 0.1) is 29.1 Å². The van der Waals surface area contributed by atoms with E-state index >= 15 is 0 Å². The monoisotopic (exact) mass is 312 g/mol. The van der Waals surface area contributed by atoms with Crippen molar-refractivity contribution in [3.05, 3.63) is 0 Å². The van der Waals surface area contributed by atoms with Gasteiger partial charge in [0.05, 0.1) is 0 Å². The van der Waals surface area contributed by atoms with E-state index in [2.05, 4.69) is 62.3 Å². The Balaban J connectivity index is 5.98. The maximum absolute atomic E-state index is 7.20. The first kappa shape index (κ1) is 21.9. The summed E-state index contributed by atoms with van der Waals surface area (Å²) in [6, 6.07) is 0.125. The lowest BCUT2D eigenvalue weighted by molar-refractivity contribution is 0.0110. The molecule has 0 aliphatic carbocycles. The molecular weight excluding hydrogens is 268 g/mol. The van der Waals surface area contributed by atoms with Crippen molar-refractivity contribution >= 4 is 0 Å². The van der Waals surface area contributed by atoms with E-state index in [0.717, 1.165) is 25.7 Å². The molecule has 0 saturated carbocycles. The van der Waals surface area contributed by atoms with E-state index in [0.29, 0.717) is 23.7 Å². The van der Waals surface area contributed by atoms with Crippen LogP contribution in [0.2, 0.25) is 0 Å². The first-order chi connectivity index (χ1) is 9.86. The lowest BCUT2D eigenvalue weighted by atomic mass is 9.54. The van der Waals surface area contributed by atoms with Crippen LogP contribution < -0.4 is 11.5 Å². The fourth-order valence-electron chi connectivity index (χ4n) is 4.72.